The minimum Gasteiger partial charge on any atom is -0.508 e. The number of hydrogen-bond acceptors (Lipinski definition) is 5. The number of nitrogens with zero attached hydrogens (tertiary/aromatic N) is 3. The number of hydrogen-bond donors (Lipinski definition) is 1. The van der Waals surface area contributed by atoms with E-state index >= 15 is 0 Å². The van der Waals surface area contributed by atoms with Crippen LogP contribution in [0.3, 0.4) is 0 Å². The van der Waals surface area contributed by atoms with Gasteiger partial charge in [0, 0.05) is 48.4 Å². The van der Waals surface area contributed by atoms with Gasteiger partial charge in [0.2, 0.25) is 0 Å². The predicted molar refractivity (Wildman–Crippen MR) is 141 cm³/mol. The average Bonchev–Trinajstić information content (AvgIpc) is 3.22. The van der Waals surface area contributed by atoms with Gasteiger partial charge in [0.1, 0.15) is 11.6 Å². The van der Waals surface area contributed by atoms with Gasteiger partial charge in [-0.25, -0.2) is 4.39 Å². The monoisotopic (exact) mass is 515 g/mol. The number of phenolic OH excluding ortho intramolecular Hbond substituents is 1. The third-order valence-electron chi connectivity index (χ3n) is 7.54. The number of para-hydroxylation sites is 1. The molecule has 2 aliphatic rings. The molecule has 194 valence electrons. The Morgan fingerprint density at radius 1 is 1.08 bits per heavy atom. The smallest absolute Gasteiger partial charge is 0.276 e. The minimum atomic E-state index is -0.513. The number of fused-ring (bicyclic) bond motifs is 2. The summed E-state index contributed by atoms with van der Waals surface area (Å²) in [6.07, 6.45) is 3.82. The Hall–Kier alpha value is -4.53. The summed E-state index contributed by atoms with van der Waals surface area (Å²) in [4.78, 5) is 40.5. The van der Waals surface area contributed by atoms with Crippen molar-refractivity contribution in [2.75, 3.05) is 24.5 Å². The minimum absolute atomic E-state index is 0.0993. The largest absolute Gasteiger partial charge is 0.508 e. The highest BCUT2D eigenvalue weighted by molar-refractivity contribution is 6.06. The highest BCUT2D eigenvalue weighted by Gasteiger charge is 2.46. The molecular weight excluding hydrogens is 489 g/mol. The molecule has 0 aromatic heterocycles. The van der Waals surface area contributed by atoms with Gasteiger partial charge in [-0.2, -0.15) is 0 Å². The molecule has 1 spiro atoms. The summed E-state index contributed by atoms with van der Waals surface area (Å²) in [7, 11) is 0. The van der Waals surface area contributed by atoms with Crippen molar-refractivity contribution in [3.8, 4) is 5.75 Å². The standard InChI is InChI=1S/C29H26FN3O5/c1-19-16-21(6-10-26(19)34)28(36)31-14-12-29(13-15-31)18-32(25-9-8-22(30)17-23(25)29)27(35)11-7-20-4-2-3-5-24(20)33(37)38/h2-11,16-17,34H,12-15,18H2,1H3/b11-7+. The fourth-order valence-electron chi connectivity index (χ4n) is 5.42. The summed E-state index contributed by atoms with van der Waals surface area (Å²) < 4.78 is 14.3. The molecule has 3 aromatic rings. The van der Waals surface area contributed by atoms with Crippen LogP contribution >= 0.6 is 0 Å². The maximum atomic E-state index is 14.3. The Morgan fingerprint density at radius 3 is 2.53 bits per heavy atom. The van der Waals surface area contributed by atoms with Gasteiger partial charge in [-0.1, -0.05) is 12.1 Å². The lowest BCUT2D eigenvalue weighted by Crippen LogP contribution is -2.47. The van der Waals surface area contributed by atoms with Crippen LogP contribution in [0.25, 0.3) is 6.08 Å². The number of aromatic hydroxyl groups is 1. The van der Waals surface area contributed by atoms with Crippen molar-refractivity contribution < 1.29 is 24.0 Å². The Labute approximate surface area is 218 Å². The lowest BCUT2D eigenvalue weighted by atomic mass is 9.74. The number of rotatable bonds is 4. The number of amides is 2. The number of halogens is 1. The summed E-state index contributed by atoms with van der Waals surface area (Å²) in [5.74, 6) is -0.762. The highest BCUT2D eigenvalue weighted by Crippen LogP contribution is 2.47. The van der Waals surface area contributed by atoms with E-state index < -0.39 is 16.2 Å². The molecule has 2 amide bonds. The first-order valence-corrected chi connectivity index (χ1v) is 12.3. The van der Waals surface area contributed by atoms with E-state index in [1.165, 1.54) is 36.4 Å². The summed E-state index contributed by atoms with van der Waals surface area (Å²) in [5.41, 5.74) is 2.16. The van der Waals surface area contributed by atoms with Crippen molar-refractivity contribution in [2.45, 2.75) is 25.2 Å². The van der Waals surface area contributed by atoms with Gasteiger partial charge in [-0.05, 0) is 79.4 Å². The fourth-order valence-corrected chi connectivity index (χ4v) is 5.42. The van der Waals surface area contributed by atoms with Crippen LogP contribution in [0, 0.1) is 22.9 Å². The van der Waals surface area contributed by atoms with E-state index in [0.717, 1.165) is 5.56 Å². The molecule has 1 saturated heterocycles. The molecule has 1 fully saturated rings. The Kier molecular flexibility index (Phi) is 6.44. The first-order chi connectivity index (χ1) is 18.2. The molecule has 5 rings (SSSR count). The van der Waals surface area contributed by atoms with E-state index in [4.69, 9.17) is 0 Å². The van der Waals surface area contributed by atoms with E-state index in [1.807, 2.05) is 0 Å². The van der Waals surface area contributed by atoms with E-state index in [1.54, 1.807) is 53.1 Å². The molecule has 2 aliphatic heterocycles. The number of likely N-dealkylation sites (tertiary alicyclic amines) is 1. The van der Waals surface area contributed by atoms with Crippen molar-refractivity contribution >= 4 is 29.3 Å². The molecule has 9 heteroatoms. The van der Waals surface area contributed by atoms with Crippen LogP contribution in [-0.4, -0.2) is 46.4 Å². The summed E-state index contributed by atoms with van der Waals surface area (Å²) in [5, 5.41) is 21.1. The second kappa shape index (κ2) is 9.74. The first kappa shape index (κ1) is 25.1. The molecule has 0 saturated carbocycles. The fraction of sp³-hybridized carbons (Fsp3) is 0.241. The van der Waals surface area contributed by atoms with Crippen molar-refractivity contribution in [1.82, 2.24) is 4.90 Å². The third-order valence-corrected chi connectivity index (χ3v) is 7.54. The molecule has 0 bridgehead atoms. The quantitative estimate of drug-likeness (QED) is 0.300. The van der Waals surface area contributed by atoms with Crippen LogP contribution in [0.5, 0.6) is 5.75 Å². The van der Waals surface area contributed by atoms with Crippen molar-refractivity contribution in [3.63, 3.8) is 0 Å². The molecule has 2 heterocycles. The van der Waals surface area contributed by atoms with E-state index in [9.17, 15) is 29.2 Å². The maximum Gasteiger partial charge on any atom is 0.276 e. The van der Waals surface area contributed by atoms with Gasteiger partial charge in [0.25, 0.3) is 17.5 Å². The number of anilines is 1. The molecule has 0 aliphatic carbocycles. The van der Waals surface area contributed by atoms with Gasteiger partial charge in [0.05, 0.1) is 10.5 Å². The number of nitro benzene ring substituents is 1. The Bertz CT molecular complexity index is 1480. The number of nitro groups is 1. The number of carbonyl (C=O) groups excluding carboxylic acids is 2. The second-order valence-corrected chi connectivity index (χ2v) is 9.81. The maximum absolute atomic E-state index is 14.3. The molecule has 0 unspecified atom stereocenters. The zero-order valence-electron chi connectivity index (χ0n) is 20.8. The van der Waals surface area contributed by atoms with Gasteiger partial charge in [-0.15, -0.1) is 0 Å². The Morgan fingerprint density at radius 2 is 1.82 bits per heavy atom. The zero-order chi connectivity index (χ0) is 27.0. The SMILES string of the molecule is Cc1cc(C(=O)N2CCC3(CC2)CN(C(=O)/C=C/c2ccccc2[N+](=O)[O-])c2ccc(F)cc23)ccc1O. The van der Waals surface area contributed by atoms with Crippen LogP contribution in [0.1, 0.15) is 39.9 Å². The number of piperidine rings is 1. The van der Waals surface area contributed by atoms with Gasteiger partial charge in [0.15, 0.2) is 0 Å². The van der Waals surface area contributed by atoms with Crippen molar-refractivity contribution in [1.29, 1.82) is 0 Å². The molecular formula is C29H26FN3O5. The summed E-state index contributed by atoms with van der Waals surface area (Å²) in [6.45, 7) is 2.93. The summed E-state index contributed by atoms with van der Waals surface area (Å²) in [6, 6.07) is 15.3. The van der Waals surface area contributed by atoms with Crippen LogP contribution in [0.15, 0.2) is 66.7 Å². The second-order valence-electron chi connectivity index (χ2n) is 9.81. The number of phenols is 1. The van der Waals surface area contributed by atoms with Gasteiger partial charge >= 0.3 is 0 Å². The van der Waals surface area contributed by atoms with Crippen molar-refractivity contribution in [2.24, 2.45) is 0 Å². The van der Waals surface area contributed by atoms with E-state index in [0.29, 0.717) is 54.9 Å². The normalized spacial score (nSPS) is 16.2. The van der Waals surface area contributed by atoms with Crippen LogP contribution in [0.2, 0.25) is 0 Å². The topological polar surface area (TPSA) is 104 Å². The molecule has 0 radical (unpaired) electrons. The summed E-state index contributed by atoms with van der Waals surface area (Å²) >= 11 is 0. The molecule has 8 nitrogen and oxygen atoms in total. The zero-order valence-corrected chi connectivity index (χ0v) is 20.8. The van der Waals surface area contributed by atoms with Crippen LogP contribution in [0.4, 0.5) is 15.8 Å². The lowest BCUT2D eigenvalue weighted by Gasteiger charge is -2.40. The third kappa shape index (κ3) is 4.51. The number of aryl methyl sites for hydroxylation is 1. The molecule has 1 N–H and O–H groups in total. The predicted octanol–water partition coefficient (Wildman–Crippen LogP) is 4.98. The van der Waals surface area contributed by atoms with E-state index in [-0.39, 0.29) is 23.3 Å². The van der Waals surface area contributed by atoms with Gasteiger partial charge in [-0.3, -0.25) is 19.7 Å². The lowest BCUT2D eigenvalue weighted by molar-refractivity contribution is -0.385. The average molecular weight is 516 g/mol. The van der Waals surface area contributed by atoms with Crippen molar-refractivity contribution in [3.05, 3.63) is 105 Å². The van der Waals surface area contributed by atoms with Crippen LogP contribution < -0.4 is 4.90 Å². The number of carbonyl (C=O) groups is 2. The van der Waals surface area contributed by atoms with Gasteiger partial charge < -0.3 is 14.9 Å². The first-order valence-electron chi connectivity index (χ1n) is 12.3. The Balaban J connectivity index is 1.37. The molecule has 38 heavy (non-hydrogen) atoms. The molecule has 0 atom stereocenters. The molecule has 3 aromatic carbocycles. The number of benzene rings is 3. The van der Waals surface area contributed by atoms with E-state index in [2.05, 4.69) is 0 Å². The highest BCUT2D eigenvalue weighted by atomic mass is 19.1. The van der Waals surface area contributed by atoms with Crippen LogP contribution in [-0.2, 0) is 10.2 Å².